The minimum Gasteiger partial charge on any atom is -0.345 e. The van der Waals surface area contributed by atoms with Crippen molar-refractivity contribution in [2.45, 2.75) is 32.9 Å². The summed E-state index contributed by atoms with van der Waals surface area (Å²) in [5.41, 5.74) is 0.611. The lowest BCUT2D eigenvalue weighted by Crippen LogP contribution is -2.28. The molecule has 0 aliphatic rings. The van der Waals surface area contributed by atoms with Gasteiger partial charge in [-0.05, 0) is 36.4 Å². The van der Waals surface area contributed by atoms with E-state index in [0.717, 1.165) is 0 Å². The lowest BCUT2D eigenvalue weighted by molar-refractivity contribution is -0.122. The molecule has 10 nitrogen and oxygen atoms in total. The number of pyridine rings is 1. The van der Waals surface area contributed by atoms with Gasteiger partial charge in [0, 0.05) is 12.6 Å². The molecule has 24 heavy (non-hydrogen) atoms. The van der Waals surface area contributed by atoms with Crippen LogP contribution < -0.4 is 5.32 Å². The summed E-state index contributed by atoms with van der Waals surface area (Å²) < 4.78 is 6.76. The van der Waals surface area contributed by atoms with E-state index in [1.807, 2.05) is 6.07 Å². The number of carbonyl (C=O) groups excluding carboxylic acids is 1. The first-order chi connectivity index (χ1) is 11.6. The number of amides is 1. The quantitative estimate of drug-likeness (QED) is 0.701. The lowest BCUT2D eigenvalue weighted by Gasteiger charge is -2.09. The van der Waals surface area contributed by atoms with E-state index in [4.69, 9.17) is 4.52 Å². The second-order valence-corrected chi connectivity index (χ2v) is 5.16. The number of carbonyl (C=O) groups is 1. The van der Waals surface area contributed by atoms with Gasteiger partial charge in [0.05, 0.1) is 6.54 Å². The normalized spacial score (nSPS) is 12.1. The molecule has 0 unspecified atom stereocenters. The van der Waals surface area contributed by atoms with E-state index < -0.39 is 6.04 Å². The third-order valence-corrected chi connectivity index (χ3v) is 3.35. The van der Waals surface area contributed by atoms with Crippen LogP contribution in [0, 0.1) is 6.92 Å². The van der Waals surface area contributed by atoms with Crippen molar-refractivity contribution in [3.8, 4) is 11.5 Å². The second-order valence-electron chi connectivity index (χ2n) is 5.16. The molecule has 0 aliphatic heterocycles. The Hall–Kier alpha value is -3.17. The molecule has 1 atom stereocenters. The fourth-order valence-electron chi connectivity index (χ4n) is 2.05. The zero-order valence-corrected chi connectivity index (χ0v) is 13.2. The molecule has 3 aromatic heterocycles. The molecule has 124 valence electrons. The first kappa shape index (κ1) is 15.7. The maximum absolute atomic E-state index is 12.0. The summed E-state index contributed by atoms with van der Waals surface area (Å²) >= 11 is 0. The number of hydrogen-bond acceptors (Lipinski definition) is 8. The molecular formula is C14H16N8O2. The largest absolute Gasteiger partial charge is 0.345 e. The van der Waals surface area contributed by atoms with Crippen LogP contribution in [-0.2, 0) is 11.3 Å². The SMILES string of the molecule is Cc1nnnn1CCC(=O)N[C@@H](C)c1nc(-c2ccccn2)no1. The molecule has 0 radical (unpaired) electrons. The summed E-state index contributed by atoms with van der Waals surface area (Å²) in [6.45, 7) is 3.95. The van der Waals surface area contributed by atoms with Crippen molar-refractivity contribution < 1.29 is 9.32 Å². The Labute approximate surface area is 137 Å². The summed E-state index contributed by atoms with van der Waals surface area (Å²) in [5.74, 6) is 1.21. The van der Waals surface area contributed by atoms with Gasteiger partial charge in [0.2, 0.25) is 17.6 Å². The highest BCUT2D eigenvalue weighted by molar-refractivity contribution is 5.76. The van der Waals surface area contributed by atoms with E-state index in [1.54, 1.807) is 36.9 Å². The topological polar surface area (TPSA) is 125 Å². The fourth-order valence-corrected chi connectivity index (χ4v) is 2.05. The Morgan fingerprint density at radius 1 is 1.42 bits per heavy atom. The molecule has 3 rings (SSSR count). The Morgan fingerprint density at radius 2 is 2.29 bits per heavy atom. The smallest absolute Gasteiger partial charge is 0.249 e. The van der Waals surface area contributed by atoms with Crippen molar-refractivity contribution >= 4 is 5.91 Å². The van der Waals surface area contributed by atoms with Gasteiger partial charge in [-0.25, -0.2) is 4.68 Å². The van der Waals surface area contributed by atoms with Crippen molar-refractivity contribution in [3.63, 3.8) is 0 Å². The van der Waals surface area contributed by atoms with E-state index in [-0.39, 0.29) is 12.3 Å². The molecule has 0 saturated carbocycles. The number of nitrogens with one attached hydrogen (secondary N) is 1. The number of rotatable bonds is 6. The van der Waals surface area contributed by atoms with Crippen molar-refractivity contribution in [2.24, 2.45) is 0 Å². The highest BCUT2D eigenvalue weighted by Gasteiger charge is 2.18. The van der Waals surface area contributed by atoms with Crippen molar-refractivity contribution in [1.82, 2.24) is 40.6 Å². The van der Waals surface area contributed by atoms with E-state index in [9.17, 15) is 4.79 Å². The number of aryl methyl sites for hydroxylation is 2. The average molecular weight is 328 g/mol. The van der Waals surface area contributed by atoms with Crippen LogP contribution in [-0.4, -0.2) is 41.2 Å². The van der Waals surface area contributed by atoms with Crippen LogP contribution in [0.5, 0.6) is 0 Å². The van der Waals surface area contributed by atoms with E-state index >= 15 is 0 Å². The van der Waals surface area contributed by atoms with Gasteiger partial charge in [-0.1, -0.05) is 11.2 Å². The van der Waals surface area contributed by atoms with Crippen LogP contribution in [0.2, 0.25) is 0 Å². The third-order valence-electron chi connectivity index (χ3n) is 3.35. The molecule has 0 aromatic carbocycles. The number of aromatic nitrogens is 7. The Bertz CT molecular complexity index is 813. The van der Waals surface area contributed by atoms with Gasteiger partial charge in [0.15, 0.2) is 0 Å². The fraction of sp³-hybridized carbons (Fsp3) is 0.357. The minimum atomic E-state index is -0.405. The number of tetrazole rings is 1. The van der Waals surface area contributed by atoms with Crippen LogP contribution in [0.25, 0.3) is 11.5 Å². The van der Waals surface area contributed by atoms with Crippen LogP contribution in [0.4, 0.5) is 0 Å². The Morgan fingerprint density at radius 3 is 3.00 bits per heavy atom. The molecule has 1 N–H and O–H groups in total. The van der Waals surface area contributed by atoms with Crippen molar-refractivity contribution in [3.05, 3.63) is 36.1 Å². The van der Waals surface area contributed by atoms with Gasteiger partial charge in [-0.2, -0.15) is 4.98 Å². The van der Waals surface area contributed by atoms with Gasteiger partial charge < -0.3 is 9.84 Å². The summed E-state index contributed by atoms with van der Waals surface area (Å²) in [5, 5.41) is 17.8. The summed E-state index contributed by atoms with van der Waals surface area (Å²) in [4.78, 5) is 20.4. The second kappa shape index (κ2) is 6.94. The molecule has 0 fully saturated rings. The van der Waals surface area contributed by atoms with E-state index in [0.29, 0.717) is 29.8 Å². The lowest BCUT2D eigenvalue weighted by atomic mass is 10.3. The highest BCUT2D eigenvalue weighted by Crippen LogP contribution is 2.16. The molecular weight excluding hydrogens is 312 g/mol. The summed E-state index contributed by atoms with van der Waals surface area (Å²) in [7, 11) is 0. The molecule has 1 amide bonds. The third kappa shape index (κ3) is 3.59. The summed E-state index contributed by atoms with van der Waals surface area (Å²) in [6.07, 6.45) is 1.90. The van der Waals surface area contributed by atoms with Crippen LogP contribution >= 0.6 is 0 Å². The Kier molecular flexibility index (Phi) is 4.54. The standard InChI is InChI=1S/C14H16N8O2/c1-9(16-12(23)6-8-22-10(2)18-20-21-22)14-17-13(19-24-14)11-5-3-4-7-15-11/h3-5,7,9H,6,8H2,1-2H3,(H,16,23)/t9-/m0/s1. The first-order valence-corrected chi connectivity index (χ1v) is 7.40. The van der Waals surface area contributed by atoms with Crippen molar-refractivity contribution in [1.29, 1.82) is 0 Å². The first-order valence-electron chi connectivity index (χ1n) is 7.40. The highest BCUT2D eigenvalue weighted by atomic mass is 16.5. The average Bonchev–Trinajstić information content (AvgIpc) is 3.23. The zero-order chi connectivity index (χ0) is 16.9. The molecule has 10 heteroatoms. The van der Waals surface area contributed by atoms with Gasteiger partial charge in [-0.3, -0.25) is 9.78 Å². The molecule has 0 spiro atoms. The van der Waals surface area contributed by atoms with Gasteiger partial charge in [-0.15, -0.1) is 5.10 Å². The minimum absolute atomic E-state index is 0.157. The maximum Gasteiger partial charge on any atom is 0.249 e. The van der Waals surface area contributed by atoms with Gasteiger partial charge in [0.25, 0.3) is 0 Å². The van der Waals surface area contributed by atoms with Crippen LogP contribution in [0.3, 0.4) is 0 Å². The van der Waals surface area contributed by atoms with Crippen molar-refractivity contribution in [2.75, 3.05) is 0 Å². The predicted molar refractivity (Wildman–Crippen MR) is 81.3 cm³/mol. The van der Waals surface area contributed by atoms with Gasteiger partial charge >= 0.3 is 0 Å². The molecule has 3 heterocycles. The molecule has 0 aliphatic carbocycles. The zero-order valence-electron chi connectivity index (χ0n) is 13.2. The number of hydrogen-bond donors (Lipinski definition) is 1. The molecule has 3 aromatic rings. The van der Waals surface area contributed by atoms with E-state index in [2.05, 4.69) is 36.0 Å². The monoisotopic (exact) mass is 328 g/mol. The molecule has 0 bridgehead atoms. The maximum atomic E-state index is 12.0. The number of nitrogens with zero attached hydrogens (tertiary/aromatic N) is 7. The van der Waals surface area contributed by atoms with Crippen LogP contribution in [0.1, 0.15) is 31.1 Å². The van der Waals surface area contributed by atoms with Crippen LogP contribution in [0.15, 0.2) is 28.9 Å². The van der Waals surface area contributed by atoms with E-state index in [1.165, 1.54) is 0 Å². The Balaban J connectivity index is 1.57. The summed E-state index contributed by atoms with van der Waals surface area (Å²) in [6, 6.07) is 5.02. The predicted octanol–water partition coefficient (Wildman–Crippen LogP) is 0.694. The molecule has 0 saturated heterocycles. The van der Waals surface area contributed by atoms with Gasteiger partial charge in [0.1, 0.15) is 17.6 Å².